The van der Waals surface area contributed by atoms with E-state index >= 15 is 0 Å². The van der Waals surface area contributed by atoms with Crippen LogP contribution in [0, 0.1) is 0 Å². The number of hydrogen-bond acceptors (Lipinski definition) is 3. The van der Waals surface area contributed by atoms with Crippen LogP contribution in [0.2, 0.25) is 0 Å². The predicted octanol–water partition coefficient (Wildman–Crippen LogP) is 4.16. The molecule has 1 heterocycles. The summed E-state index contributed by atoms with van der Waals surface area (Å²) in [6, 6.07) is 22.0. The van der Waals surface area contributed by atoms with E-state index in [-0.39, 0.29) is 11.8 Å². The van der Waals surface area contributed by atoms with E-state index in [0.29, 0.717) is 19.3 Å². The van der Waals surface area contributed by atoms with Crippen molar-refractivity contribution in [3.8, 4) is 11.1 Å². The summed E-state index contributed by atoms with van der Waals surface area (Å²) in [5, 5.41) is 4.66. The first-order valence-electron chi connectivity index (χ1n) is 9.72. The Labute approximate surface area is 176 Å². The molecule has 0 saturated carbocycles. The molecule has 0 radical (unpaired) electrons. The van der Waals surface area contributed by atoms with Crippen molar-refractivity contribution < 1.29 is 9.59 Å². The first kappa shape index (κ1) is 20.8. The molecular weight excluding hydrogens is 380 g/mol. The highest BCUT2D eigenvalue weighted by atomic mass is 32.1. The normalized spacial score (nSPS) is 11.7. The lowest BCUT2D eigenvalue weighted by Crippen LogP contribution is -2.48. The number of amides is 2. The van der Waals surface area contributed by atoms with Gasteiger partial charge in [-0.3, -0.25) is 9.59 Å². The topological polar surface area (TPSA) is 49.4 Å². The Hall–Kier alpha value is -2.92. The van der Waals surface area contributed by atoms with Crippen molar-refractivity contribution in [3.63, 3.8) is 0 Å². The number of likely N-dealkylation sites (N-methyl/N-ethyl adjacent to an activating group) is 2. The monoisotopic (exact) mass is 406 g/mol. The number of nitrogens with one attached hydrogen (secondary N) is 1. The summed E-state index contributed by atoms with van der Waals surface area (Å²) < 4.78 is 0. The highest BCUT2D eigenvalue weighted by Crippen LogP contribution is 2.20. The molecule has 3 rings (SSSR count). The van der Waals surface area contributed by atoms with E-state index in [2.05, 4.69) is 41.7 Å². The fourth-order valence-electron chi connectivity index (χ4n) is 3.29. The van der Waals surface area contributed by atoms with Gasteiger partial charge in [0, 0.05) is 31.8 Å². The zero-order valence-corrected chi connectivity index (χ0v) is 17.6. The van der Waals surface area contributed by atoms with Gasteiger partial charge in [0.2, 0.25) is 11.8 Å². The Morgan fingerprint density at radius 3 is 2.28 bits per heavy atom. The molecule has 0 saturated heterocycles. The average Bonchev–Trinajstić information content (AvgIpc) is 3.29. The van der Waals surface area contributed by atoms with Crippen LogP contribution < -0.4 is 5.32 Å². The van der Waals surface area contributed by atoms with Crippen molar-refractivity contribution in [2.24, 2.45) is 0 Å². The second-order valence-electron chi connectivity index (χ2n) is 6.98. The summed E-state index contributed by atoms with van der Waals surface area (Å²) >= 11 is 1.60. The zero-order valence-electron chi connectivity index (χ0n) is 16.8. The Morgan fingerprint density at radius 1 is 0.966 bits per heavy atom. The molecule has 150 valence electrons. The predicted molar refractivity (Wildman–Crippen MR) is 119 cm³/mol. The van der Waals surface area contributed by atoms with Gasteiger partial charge in [-0.25, -0.2) is 0 Å². The quantitative estimate of drug-likeness (QED) is 0.611. The van der Waals surface area contributed by atoms with Gasteiger partial charge in [0.15, 0.2) is 0 Å². The number of carbonyl (C=O) groups excluding carboxylic acids is 2. The average molecular weight is 407 g/mol. The summed E-state index contributed by atoms with van der Waals surface area (Å²) in [6.07, 6.45) is 1.56. The number of aryl methyl sites for hydroxylation is 1. The minimum atomic E-state index is -0.494. The Morgan fingerprint density at radius 2 is 1.66 bits per heavy atom. The number of nitrogens with zero attached hydrogens (tertiary/aromatic N) is 1. The molecular formula is C24H26N2O2S. The lowest BCUT2D eigenvalue weighted by atomic mass is 10.0. The van der Waals surface area contributed by atoms with E-state index < -0.39 is 6.04 Å². The van der Waals surface area contributed by atoms with Crippen LogP contribution >= 0.6 is 11.3 Å². The van der Waals surface area contributed by atoms with Crippen molar-refractivity contribution >= 4 is 23.2 Å². The van der Waals surface area contributed by atoms with Gasteiger partial charge < -0.3 is 10.2 Å². The summed E-state index contributed by atoms with van der Waals surface area (Å²) in [7, 11) is 3.32. The number of thiophene rings is 1. The Balaban J connectivity index is 1.60. The highest BCUT2D eigenvalue weighted by molar-refractivity contribution is 7.09. The van der Waals surface area contributed by atoms with Gasteiger partial charge in [0.25, 0.3) is 0 Å². The molecule has 1 aromatic heterocycles. The second kappa shape index (κ2) is 10.0. The number of benzene rings is 2. The molecule has 3 aromatic rings. The fraction of sp³-hybridized carbons (Fsp3) is 0.250. The lowest BCUT2D eigenvalue weighted by Gasteiger charge is -2.26. The number of rotatable bonds is 8. The van der Waals surface area contributed by atoms with Crippen LogP contribution in [-0.4, -0.2) is 36.9 Å². The second-order valence-corrected chi connectivity index (χ2v) is 8.01. The van der Waals surface area contributed by atoms with Gasteiger partial charge >= 0.3 is 0 Å². The Kier molecular flexibility index (Phi) is 7.19. The maximum absolute atomic E-state index is 12.7. The number of carbonyl (C=O) groups is 2. The van der Waals surface area contributed by atoms with Gasteiger partial charge in [-0.1, -0.05) is 60.7 Å². The first-order valence-corrected chi connectivity index (χ1v) is 10.6. The van der Waals surface area contributed by atoms with Crippen molar-refractivity contribution in [1.82, 2.24) is 10.2 Å². The minimum absolute atomic E-state index is 0.0257. The molecule has 1 atom stereocenters. The van der Waals surface area contributed by atoms with Gasteiger partial charge in [-0.2, -0.15) is 0 Å². The first-order chi connectivity index (χ1) is 14.1. The summed E-state index contributed by atoms with van der Waals surface area (Å²) in [6.45, 7) is 0. The molecule has 0 bridgehead atoms. The zero-order chi connectivity index (χ0) is 20.6. The summed E-state index contributed by atoms with van der Waals surface area (Å²) in [5.74, 6) is -0.163. The maximum atomic E-state index is 12.7. The van der Waals surface area contributed by atoms with Crippen LogP contribution in [0.25, 0.3) is 11.1 Å². The molecule has 0 aliphatic heterocycles. The molecule has 2 amide bonds. The SMILES string of the molecule is CNC(=O)[C@@H](Cc1cccs1)N(C)C(=O)CCc1ccc(-c2ccccc2)cc1. The van der Waals surface area contributed by atoms with Gasteiger partial charge in [0.05, 0.1) is 0 Å². The molecule has 0 unspecified atom stereocenters. The standard InChI is InChI=1S/C24H26N2O2S/c1-25-24(28)22(17-21-9-6-16-29-21)26(2)23(27)15-12-18-10-13-20(14-11-18)19-7-4-3-5-8-19/h3-11,13-14,16,22H,12,15,17H2,1-2H3,(H,25,28)/t22-/m1/s1. The highest BCUT2D eigenvalue weighted by Gasteiger charge is 2.26. The fourth-order valence-corrected chi connectivity index (χ4v) is 4.03. The van der Waals surface area contributed by atoms with Gasteiger partial charge in [-0.05, 0) is 34.6 Å². The van der Waals surface area contributed by atoms with Crippen LogP contribution in [0.5, 0.6) is 0 Å². The third-order valence-electron chi connectivity index (χ3n) is 5.07. The lowest BCUT2D eigenvalue weighted by molar-refractivity contribution is -0.138. The smallest absolute Gasteiger partial charge is 0.242 e. The largest absolute Gasteiger partial charge is 0.357 e. The van der Waals surface area contributed by atoms with E-state index in [1.54, 1.807) is 30.3 Å². The molecule has 5 heteroatoms. The Bertz CT molecular complexity index is 921. The van der Waals surface area contributed by atoms with E-state index in [1.165, 1.54) is 5.56 Å². The maximum Gasteiger partial charge on any atom is 0.242 e. The van der Waals surface area contributed by atoms with Crippen molar-refractivity contribution in [2.45, 2.75) is 25.3 Å². The third kappa shape index (κ3) is 5.55. The van der Waals surface area contributed by atoms with Crippen molar-refractivity contribution in [1.29, 1.82) is 0 Å². The molecule has 29 heavy (non-hydrogen) atoms. The minimum Gasteiger partial charge on any atom is -0.357 e. The van der Waals surface area contributed by atoms with Crippen LogP contribution in [0.1, 0.15) is 16.9 Å². The molecule has 2 aromatic carbocycles. The third-order valence-corrected chi connectivity index (χ3v) is 5.97. The van der Waals surface area contributed by atoms with E-state index in [9.17, 15) is 9.59 Å². The summed E-state index contributed by atoms with van der Waals surface area (Å²) in [5.41, 5.74) is 3.45. The van der Waals surface area contributed by atoms with E-state index in [1.807, 2.05) is 35.7 Å². The van der Waals surface area contributed by atoms with Crippen LogP contribution in [0.4, 0.5) is 0 Å². The van der Waals surface area contributed by atoms with Crippen LogP contribution in [0.15, 0.2) is 72.1 Å². The molecule has 0 aliphatic rings. The van der Waals surface area contributed by atoms with Gasteiger partial charge in [0.1, 0.15) is 6.04 Å². The molecule has 0 fully saturated rings. The van der Waals surface area contributed by atoms with E-state index in [4.69, 9.17) is 0 Å². The van der Waals surface area contributed by atoms with E-state index in [0.717, 1.165) is 16.0 Å². The molecule has 1 N–H and O–H groups in total. The molecule has 4 nitrogen and oxygen atoms in total. The van der Waals surface area contributed by atoms with Crippen molar-refractivity contribution in [2.75, 3.05) is 14.1 Å². The number of hydrogen-bond donors (Lipinski definition) is 1. The van der Waals surface area contributed by atoms with Crippen LogP contribution in [0.3, 0.4) is 0 Å². The molecule has 0 spiro atoms. The van der Waals surface area contributed by atoms with Gasteiger partial charge in [-0.15, -0.1) is 11.3 Å². The molecule has 0 aliphatic carbocycles. The van der Waals surface area contributed by atoms with Crippen molar-refractivity contribution in [3.05, 3.63) is 82.6 Å². The van der Waals surface area contributed by atoms with Crippen LogP contribution in [-0.2, 0) is 22.4 Å². The summed E-state index contributed by atoms with van der Waals surface area (Å²) in [4.78, 5) is 27.7.